The molecule has 0 aliphatic heterocycles. The van der Waals surface area contributed by atoms with Gasteiger partial charge >= 0.3 is 0 Å². The highest BCUT2D eigenvalue weighted by atomic mass is 35.5. The second-order valence-corrected chi connectivity index (χ2v) is 5.33. The minimum Gasteiger partial charge on any atom is -0.314 e. The molecule has 0 aromatic heterocycles. The normalized spacial score (nSPS) is 18.5. The van der Waals surface area contributed by atoms with Gasteiger partial charge in [-0.15, -0.1) is 12.4 Å². The predicted octanol–water partition coefficient (Wildman–Crippen LogP) is 4.23. The van der Waals surface area contributed by atoms with Gasteiger partial charge in [-0.1, -0.05) is 43.0 Å². The molecule has 96 valence electrons. The first-order valence-corrected chi connectivity index (χ1v) is 6.55. The molecule has 1 aromatic carbocycles. The van der Waals surface area contributed by atoms with Gasteiger partial charge in [0.25, 0.3) is 0 Å². The standard InChI is InChI=1S/C14H20ClN.ClH/c1-16-14(8-3-2-4-9-14)11-12-6-5-7-13(15)10-12;/h5-7,10,16H,2-4,8-9,11H2,1H3;1H. The van der Waals surface area contributed by atoms with Crippen molar-refractivity contribution < 1.29 is 0 Å². The molecule has 1 nitrogen and oxygen atoms in total. The monoisotopic (exact) mass is 273 g/mol. The van der Waals surface area contributed by atoms with Gasteiger partial charge in [0.05, 0.1) is 0 Å². The van der Waals surface area contributed by atoms with E-state index in [1.54, 1.807) is 0 Å². The molecule has 0 bridgehead atoms. The zero-order valence-electron chi connectivity index (χ0n) is 10.3. The maximum absolute atomic E-state index is 6.03. The van der Waals surface area contributed by atoms with Crippen molar-refractivity contribution in [2.24, 2.45) is 0 Å². The fourth-order valence-electron chi connectivity index (χ4n) is 2.78. The SMILES string of the molecule is CNC1(Cc2cccc(Cl)c2)CCCCC1.Cl. The second kappa shape index (κ2) is 6.63. The molecule has 1 aliphatic rings. The van der Waals surface area contributed by atoms with Crippen molar-refractivity contribution in [1.82, 2.24) is 5.32 Å². The van der Waals surface area contributed by atoms with Crippen LogP contribution in [0.4, 0.5) is 0 Å². The van der Waals surface area contributed by atoms with E-state index < -0.39 is 0 Å². The lowest BCUT2D eigenvalue weighted by Crippen LogP contribution is -2.46. The first-order valence-electron chi connectivity index (χ1n) is 6.17. The Morgan fingerprint density at radius 1 is 1.24 bits per heavy atom. The van der Waals surface area contributed by atoms with Crippen LogP contribution in [0.2, 0.25) is 5.02 Å². The summed E-state index contributed by atoms with van der Waals surface area (Å²) in [5.74, 6) is 0. The van der Waals surface area contributed by atoms with Gasteiger partial charge in [-0.2, -0.15) is 0 Å². The number of halogens is 2. The zero-order valence-corrected chi connectivity index (χ0v) is 11.9. The van der Waals surface area contributed by atoms with Crippen molar-refractivity contribution in [3.8, 4) is 0 Å². The first-order chi connectivity index (χ1) is 7.74. The van der Waals surface area contributed by atoms with E-state index in [1.165, 1.54) is 37.7 Å². The maximum Gasteiger partial charge on any atom is 0.0408 e. The molecular formula is C14H21Cl2N. The summed E-state index contributed by atoms with van der Waals surface area (Å²) in [5.41, 5.74) is 1.66. The third kappa shape index (κ3) is 3.87. The lowest BCUT2D eigenvalue weighted by molar-refractivity contribution is 0.245. The minimum atomic E-state index is 0. The fraction of sp³-hybridized carbons (Fsp3) is 0.571. The summed E-state index contributed by atoms with van der Waals surface area (Å²) < 4.78 is 0. The van der Waals surface area contributed by atoms with Crippen LogP contribution in [0.1, 0.15) is 37.7 Å². The molecule has 1 N–H and O–H groups in total. The quantitative estimate of drug-likeness (QED) is 0.869. The second-order valence-electron chi connectivity index (χ2n) is 4.90. The van der Waals surface area contributed by atoms with Gasteiger partial charge < -0.3 is 5.32 Å². The Morgan fingerprint density at radius 2 is 1.94 bits per heavy atom. The number of likely N-dealkylation sites (N-methyl/N-ethyl adjacent to an activating group) is 1. The van der Waals surface area contributed by atoms with E-state index in [2.05, 4.69) is 24.5 Å². The average Bonchev–Trinajstić information content (AvgIpc) is 2.30. The summed E-state index contributed by atoms with van der Waals surface area (Å²) in [6.45, 7) is 0. The van der Waals surface area contributed by atoms with Crippen LogP contribution >= 0.6 is 24.0 Å². The number of nitrogens with one attached hydrogen (secondary N) is 1. The summed E-state index contributed by atoms with van der Waals surface area (Å²) in [5, 5.41) is 4.39. The number of hydrogen-bond acceptors (Lipinski definition) is 1. The fourth-order valence-corrected chi connectivity index (χ4v) is 2.99. The van der Waals surface area contributed by atoms with Crippen molar-refractivity contribution in [3.05, 3.63) is 34.9 Å². The van der Waals surface area contributed by atoms with Gasteiger partial charge in [-0.25, -0.2) is 0 Å². The summed E-state index contributed by atoms with van der Waals surface area (Å²) in [7, 11) is 2.09. The van der Waals surface area contributed by atoms with Crippen molar-refractivity contribution in [3.63, 3.8) is 0 Å². The molecule has 1 aromatic rings. The maximum atomic E-state index is 6.03. The third-order valence-corrected chi connectivity index (χ3v) is 4.01. The zero-order chi connectivity index (χ0) is 11.4. The minimum absolute atomic E-state index is 0. The summed E-state index contributed by atoms with van der Waals surface area (Å²) in [6, 6.07) is 8.26. The van der Waals surface area contributed by atoms with E-state index in [9.17, 15) is 0 Å². The van der Waals surface area contributed by atoms with Crippen molar-refractivity contribution >= 4 is 24.0 Å². The van der Waals surface area contributed by atoms with Crippen LogP contribution in [-0.4, -0.2) is 12.6 Å². The van der Waals surface area contributed by atoms with Gasteiger partial charge in [-0.3, -0.25) is 0 Å². The number of hydrogen-bond donors (Lipinski definition) is 1. The van der Waals surface area contributed by atoms with E-state index >= 15 is 0 Å². The first kappa shape index (κ1) is 14.8. The Hall–Kier alpha value is -0.240. The van der Waals surface area contributed by atoms with Crippen molar-refractivity contribution in [2.45, 2.75) is 44.1 Å². The smallest absolute Gasteiger partial charge is 0.0408 e. The topological polar surface area (TPSA) is 12.0 Å². The van der Waals surface area contributed by atoms with Crippen LogP contribution in [0.5, 0.6) is 0 Å². The molecule has 1 fully saturated rings. The number of rotatable bonds is 3. The van der Waals surface area contributed by atoms with Gasteiger partial charge in [-0.05, 0) is 44.0 Å². The average molecular weight is 274 g/mol. The van der Waals surface area contributed by atoms with E-state index in [0.29, 0.717) is 5.54 Å². The molecule has 2 rings (SSSR count). The van der Waals surface area contributed by atoms with E-state index in [4.69, 9.17) is 11.6 Å². The summed E-state index contributed by atoms with van der Waals surface area (Å²) >= 11 is 6.03. The molecule has 1 saturated carbocycles. The molecule has 0 unspecified atom stereocenters. The highest BCUT2D eigenvalue weighted by Crippen LogP contribution is 2.31. The summed E-state index contributed by atoms with van der Waals surface area (Å²) in [6.07, 6.45) is 7.76. The Morgan fingerprint density at radius 3 is 2.53 bits per heavy atom. The van der Waals surface area contributed by atoms with Crippen LogP contribution in [0.3, 0.4) is 0 Å². The Bertz CT molecular complexity index is 346. The van der Waals surface area contributed by atoms with Crippen LogP contribution in [0.25, 0.3) is 0 Å². The van der Waals surface area contributed by atoms with E-state index in [1.807, 2.05) is 12.1 Å². The Kier molecular flexibility index (Phi) is 5.78. The molecule has 1 aliphatic carbocycles. The van der Waals surface area contributed by atoms with Crippen LogP contribution in [0, 0.1) is 0 Å². The lowest BCUT2D eigenvalue weighted by Gasteiger charge is -2.37. The molecule has 0 heterocycles. The Labute approximate surface area is 115 Å². The van der Waals surface area contributed by atoms with Gasteiger partial charge in [0, 0.05) is 10.6 Å². The highest BCUT2D eigenvalue weighted by Gasteiger charge is 2.30. The molecule has 3 heteroatoms. The van der Waals surface area contributed by atoms with Crippen LogP contribution < -0.4 is 5.32 Å². The molecule has 0 atom stereocenters. The molecule has 0 amide bonds. The Balaban J connectivity index is 0.00000144. The molecule has 0 saturated heterocycles. The molecular weight excluding hydrogens is 253 g/mol. The molecule has 0 radical (unpaired) electrons. The van der Waals surface area contributed by atoms with Crippen LogP contribution in [-0.2, 0) is 6.42 Å². The van der Waals surface area contributed by atoms with Crippen molar-refractivity contribution in [2.75, 3.05) is 7.05 Å². The van der Waals surface area contributed by atoms with Crippen molar-refractivity contribution in [1.29, 1.82) is 0 Å². The number of benzene rings is 1. The van der Waals surface area contributed by atoms with E-state index in [-0.39, 0.29) is 12.4 Å². The summed E-state index contributed by atoms with van der Waals surface area (Å²) in [4.78, 5) is 0. The molecule has 17 heavy (non-hydrogen) atoms. The largest absolute Gasteiger partial charge is 0.314 e. The molecule has 0 spiro atoms. The third-order valence-electron chi connectivity index (χ3n) is 3.77. The van der Waals surface area contributed by atoms with Crippen LogP contribution in [0.15, 0.2) is 24.3 Å². The van der Waals surface area contributed by atoms with E-state index in [0.717, 1.165) is 11.4 Å². The lowest BCUT2D eigenvalue weighted by atomic mass is 9.77. The van der Waals surface area contributed by atoms with Gasteiger partial charge in [0.15, 0.2) is 0 Å². The van der Waals surface area contributed by atoms with Gasteiger partial charge in [0.1, 0.15) is 0 Å². The highest BCUT2D eigenvalue weighted by molar-refractivity contribution is 6.30. The van der Waals surface area contributed by atoms with Gasteiger partial charge in [0.2, 0.25) is 0 Å². The predicted molar refractivity (Wildman–Crippen MR) is 77.3 cm³/mol.